The second-order valence-corrected chi connectivity index (χ2v) is 5.65. The Kier molecular flexibility index (Phi) is 4.10. The lowest BCUT2D eigenvalue weighted by atomic mass is 10.2. The summed E-state index contributed by atoms with van der Waals surface area (Å²) in [5, 5.41) is 0. The van der Waals surface area contributed by atoms with Gasteiger partial charge in [0.25, 0.3) is 0 Å². The van der Waals surface area contributed by atoms with Gasteiger partial charge < -0.3 is 5.73 Å². The van der Waals surface area contributed by atoms with Crippen LogP contribution in [-0.2, 0) is 17.2 Å². The van der Waals surface area contributed by atoms with Crippen LogP contribution in [0.5, 0.6) is 0 Å². The van der Waals surface area contributed by atoms with Gasteiger partial charge in [-0.15, -0.1) is 0 Å². The highest BCUT2D eigenvalue weighted by Crippen LogP contribution is 2.20. The zero-order valence-corrected chi connectivity index (χ0v) is 11.1. The molecule has 1 heterocycles. The molecule has 1 aromatic heterocycles. The zero-order chi connectivity index (χ0) is 13.0. The van der Waals surface area contributed by atoms with Gasteiger partial charge in [0.05, 0.1) is 21.4 Å². The molecule has 0 fully saturated rings. The number of aryl methyl sites for hydroxylation is 2. The molecule has 0 spiro atoms. The molecule has 1 atom stereocenters. The van der Waals surface area contributed by atoms with E-state index in [1.807, 2.05) is 43.3 Å². The lowest BCUT2D eigenvalue weighted by Gasteiger charge is -2.07. The van der Waals surface area contributed by atoms with Gasteiger partial charge in [0, 0.05) is 24.1 Å². The van der Waals surface area contributed by atoms with Crippen LogP contribution in [0, 0.1) is 6.92 Å². The molecule has 0 saturated carbocycles. The number of benzene rings is 1. The van der Waals surface area contributed by atoms with Crippen molar-refractivity contribution in [1.29, 1.82) is 0 Å². The lowest BCUT2D eigenvalue weighted by Crippen LogP contribution is -2.06. The first-order valence-electron chi connectivity index (χ1n) is 5.82. The van der Waals surface area contributed by atoms with Gasteiger partial charge in [-0.2, -0.15) is 0 Å². The minimum atomic E-state index is -1.07. The Morgan fingerprint density at radius 3 is 2.78 bits per heavy atom. The quantitative estimate of drug-likeness (QED) is 0.858. The van der Waals surface area contributed by atoms with Crippen LogP contribution in [0.2, 0.25) is 0 Å². The molecule has 0 aliphatic rings. The highest BCUT2D eigenvalue weighted by molar-refractivity contribution is 7.85. The molecule has 0 bridgehead atoms. The minimum Gasteiger partial charge on any atom is -0.398 e. The molecule has 3 nitrogen and oxygen atoms in total. The van der Waals surface area contributed by atoms with Crippen LogP contribution in [0.1, 0.15) is 11.3 Å². The summed E-state index contributed by atoms with van der Waals surface area (Å²) in [7, 11) is -1.07. The molecule has 2 N–H and O–H groups in total. The van der Waals surface area contributed by atoms with Gasteiger partial charge in [0.2, 0.25) is 0 Å². The Bertz CT molecular complexity index is 555. The monoisotopic (exact) mass is 260 g/mol. The molecule has 1 aromatic carbocycles. The summed E-state index contributed by atoms with van der Waals surface area (Å²) in [5.41, 5.74) is 8.51. The number of rotatable bonds is 4. The maximum atomic E-state index is 12.2. The number of nitrogens with zero attached hydrogens (tertiary/aromatic N) is 1. The van der Waals surface area contributed by atoms with Gasteiger partial charge in [-0.1, -0.05) is 18.2 Å². The Morgan fingerprint density at radius 1 is 1.22 bits per heavy atom. The number of hydrogen-bond donors (Lipinski definition) is 1. The summed E-state index contributed by atoms with van der Waals surface area (Å²) in [4.78, 5) is 4.95. The van der Waals surface area contributed by atoms with Gasteiger partial charge in [0.15, 0.2) is 0 Å². The van der Waals surface area contributed by atoms with E-state index in [0.717, 1.165) is 16.2 Å². The second kappa shape index (κ2) is 5.78. The summed E-state index contributed by atoms with van der Waals surface area (Å²) >= 11 is 0. The van der Waals surface area contributed by atoms with Crippen LogP contribution in [0.15, 0.2) is 47.5 Å². The van der Waals surface area contributed by atoms with Crippen LogP contribution in [0.25, 0.3) is 0 Å². The SMILES string of the molecule is Cc1cccc(S(=O)CCc2ccccn2)c1N. The fourth-order valence-electron chi connectivity index (χ4n) is 1.71. The third kappa shape index (κ3) is 2.96. The maximum absolute atomic E-state index is 12.2. The van der Waals surface area contributed by atoms with Gasteiger partial charge in [-0.3, -0.25) is 9.19 Å². The van der Waals surface area contributed by atoms with Crippen molar-refractivity contribution >= 4 is 16.5 Å². The van der Waals surface area contributed by atoms with Crippen molar-refractivity contribution in [2.75, 3.05) is 11.5 Å². The van der Waals surface area contributed by atoms with Gasteiger partial charge in [-0.05, 0) is 30.7 Å². The van der Waals surface area contributed by atoms with E-state index in [1.165, 1.54) is 0 Å². The first kappa shape index (κ1) is 12.8. The second-order valence-electron chi connectivity index (χ2n) is 4.11. The number of pyridine rings is 1. The Labute approximate surface area is 110 Å². The molecule has 0 amide bonds. The standard InChI is InChI=1S/C14H16N2OS/c1-11-5-4-7-13(14(11)15)18(17)10-8-12-6-2-3-9-16-12/h2-7,9H,8,10,15H2,1H3. The number of para-hydroxylation sites is 1. The van der Waals surface area contributed by atoms with Gasteiger partial charge in [0.1, 0.15) is 0 Å². The Hall–Kier alpha value is -1.68. The molecular weight excluding hydrogens is 244 g/mol. The van der Waals surface area contributed by atoms with Gasteiger partial charge in [-0.25, -0.2) is 0 Å². The van der Waals surface area contributed by atoms with E-state index >= 15 is 0 Å². The highest BCUT2D eigenvalue weighted by Gasteiger charge is 2.09. The normalized spacial score (nSPS) is 12.3. The van der Waals surface area contributed by atoms with E-state index in [0.29, 0.717) is 17.9 Å². The van der Waals surface area contributed by atoms with Crippen molar-refractivity contribution in [2.45, 2.75) is 18.2 Å². The van der Waals surface area contributed by atoms with E-state index in [9.17, 15) is 4.21 Å². The van der Waals surface area contributed by atoms with Gasteiger partial charge >= 0.3 is 0 Å². The predicted molar refractivity (Wildman–Crippen MR) is 74.8 cm³/mol. The summed E-state index contributed by atoms with van der Waals surface area (Å²) in [5.74, 6) is 0.546. The number of hydrogen-bond acceptors (Lipinski definition) is 3. The van der Waals surface area contributed by atoms with Crippen LogP contribution in [0.4, 0.5) is 5.69 Å². The van der Waals surface area contributed by atoms with E-state index < -0.39 is 10.8 Å². The van der Waals surface area contributed by atoms with Crippen molar-refractivity contribution < 1.29 is 4.21 Å². The van der Waals surface area contributed by atoms with E-state index in [2.05, 4.69) is 4.98 Å². The number of nitrogen functional groups attached to an aromatic ring is 1. The van der Waals surface area contributed by atoms with Crippen molar-refractivity contribution in [2.24, 2.45) is 0 Å². The maximum Gasteiger partial charge on any atom is 0.0620 e. The largest absolute Gasteiger partial charge is 0.398 e. The van der Waals surface area contributed by atoms with Crippen LogP contribution in [0.3, 0.4) is 0 Å². The summed E-state index contributed by atoms with van der Waals surface area (Å²) in [6, 6.07) is 11.4. The zero-order valence-electron chi connectivity index (χ0n) is 10.3. The van der Waals surface area contributed by atoms with Crippen LogP contribution in [-0.4, -0.2) is 14.9 Å². The molecular formula is C14H16N2OS. The third-order valence-electron chi connectivity index (χ3n) is 2.80. The molecule has 0 aliphatic carbocycles. The van der Waals surface area contributed by atoms with E-state index in [-0.39, 0.29) is 0 Å². The molecule has 18 heavy (non-hydrogen) atoms. The topological polar surface area (TPSA) is 56.0 Å². The Balaban J connectivity index is 2.07. The predicted octanol–water partition coefficient (Wildman–Crippen LogP) is 2.32. The molecule has 0 aliphatic heterocycles. The summed E-state index contributed by atoms with van der Waals surface area (Å²) in [6.07, 6.45) is 2.44. The molecule has 4 heteroatoms. The van der Waals surface area contributed by atoms with Crippen molar-refractivity contribution in [1.82, 2.24) is 4.98 Å². The average Bonchev–Trinajstić information content (AvgIpc) is 2.40. The molecule has 94 valence electrons. The smallest absolute Gasteiger partial charge is 0.0620 e. The molecule has 0 radical (unpaired) electrons. The highest BCUT2D eigenvalue weighted by atomic mass is 32.2. The van der Waals surface area contributed by atoms with Crippen LogP contribution >= 0.6 is 0 Å². The average molecular weight is 260 g/mol. The number of anilines is 1. The van der Waals surface area contributed by atoms with Crippen LogP contribution < -0.4 is 5.73 Å². The molecule has 2 rings (SSSR count). The van der Waals surface area contributed by atoms with E-state index in [1.54, 1.807) is 6.20 Å². The first-order chi connectivity index (χ1) is 8.68. The Morgan fingerprint density at radius 2 is 2.06 bits per heavy atom. The molecule has 2 aromatic rings. The number of nitrogens with two attached hydrogens (primary N) is 1. The van der Waals surface area contributed by atoms with Crippen molar-refractivity contribution in [3.05, 3.63) is 53.9 Å². The van der Waals surface area contributed by atoms with Crippen molar-refractivity contribution in [3.8, 4) is 0 Å². The first-order valence-corrected chi connectivity index (χ1v) is 7.14. The summed E-state index contributed by atoms with van der Waals surface area (Å²) in [6.45, 7) is 1.93. The molecule has 0 saturated heterocycles. The third-order valence-corrected chi connectivity index (χ3v) is 4.22. The minimum absolute atomic E-state index is 0.546. The number of aromatic nitrogens is 1. The van der Waals surface area contributed by atoms with Crippen molar-refractivity contribution in [3.63, 3.8) is 0 Å². The molecule has 1 unspecified atom stereocenters. The van der Waals surface area contributed by atoms with E-state index in [4.69, 9.17) is 5.73 Å². The summed E-state index contributed by atoms with van der Waals surface area (Å²) < 4.78 is 12.2. The lowest BCUT2D eigenvalue weighted by molar-refractivity contribution is 0.682. The fourth-order valence-corrected chi connectivity index (χ4v) is 2.96. The fraction of sp³-hybridized carbons (Fsp3) is 0.214.